The molecule has 3 amide bonds. The Morgan fingerprint density at radius 2 is 1.86 bits per heavy atom. The molecular weight excluding hydrogens is 280 g/mol. The van der Waals surface area contributed by atoms with E-state index in [0.29, 0.717) is 0 Å². The number of rotatable bonds is 4. The van der Waals surface area contributed by atoms with Crippen molar-refractivity contribution in [3.63, 3.8) is 0 Å². The molecule has 1 aliphatic carbocycles. The van der Waals surface area contributed by atoms with Crippen molar-refractivity contribution in [1.29, 1.82) is 0 Å². The molecule has 1 N–H and O–H groups in total. The Balaban J connectivity index is 1.57. The molecule has 2 aliphatic rings. The Bertz CT molecular complexity index is 596. The quantitative estimate of drug-likeness (QED) is 0.861. The minimum Gasteiger partial charge on any atom is -0.349 e. The summed E-state index contributed by atoms with van der Waals surface area (Å²) in [4.78, 5) is 36.4. The summed E-state index contributed by atoms with van der Waals surface area (Å²) in [7, 11) is 0. The fourth-order valence-electron chi connectivity index (χ4n) is 3.26. The van der Waals surface area contributed by atoms with Gasteiger partial charge in [0.25, 0.3) is 0 Å². The first-order valence-electron chi connectivity index (χ1n) is 7.85. The number of hydrogen-bond acceptors (Lipinski definition) is 3. The zero-order valence-corrected chi connectivity index (χ0v) is 12.5. The summed E-state index contributed by atoms with van der Waals surface area (Å²) in [6.45, 7) is 0.192. The van der Waals surface area contributed by atoms with Crippen molar-refractivity contribution in [3.05, 3.63) is 35.4 Å². The van der Waals surface area contributed by atoms with Crippen LogP contribution in [0.5, 0.6) is 0 Å². The average molecular weight is 300 g/mol. The summed E-state index contributed by atoms with van der Waals surface area (Å²) in [6, 6.07) is 8.23. The Hall–Kier alpha value is -2.17. The molecule has 1 aromatic rings. The van der Waals surface area contributed by atoms with Crippen LogP contribution in [0.4, 0.5) is 0 Å². The largest absolute Gasteiger partial charge is 0.349 e. The lowest BCUT2D eigenvalue weighted by atomic mass is 9.87. The van der Waals surface area contributed by atoms with Crippen LogP contribution in [-0.4, -0.2) is 29.2 Å². The second-order valence-corrected chi connectivity index (χ2v) is 5.90. The van der Waals surface area contributed by atoms with Gasteiger partial charge in [0.15, 0.2) is 0 Å². The molecule has 1 aromatic carbocycles. The van der Waals surface area contributed by atoms with Crippen molar-refractivity contribution in [2.75, 3.05) is 6.54 Å². The van der Waals surface area contributed by atoms with Crippen molar-refractivity contribution >= 4 is 17.7 Å². The molecule has 1 heterocycles. The monoisotopic (exact) mass is 300 g/mol. The van der Waals surface area contributed by atoms with Crippen LogP contribution in [0, 0.1) is 0 Å². The molecule has 1 aliphatic heterocycles. The first kappa shape index (κ1) is 14.8. The van der Waals surface area contributed by atoms with Gasteiger partial charge in [-0.25, -0.2) is 0 Å². The van der Waals surface area contributed by atoms with Gasteiger partial charge in [-0.05, 0) is 30.4 Å². The molecule has 3 rings (SSSR count). The fourth-order valence-corrected chi connectivity index (χ4v) is 3.26. The first-order chi connectivity index (χ1) is 10.6. The number of amides is 3. The maximum absolute atomic E-state index is 12.1. The molecule has 1 atom stereocenters. The smallest absolute Gasteiger partial charge is 0.229 e. The van der Waals surface area contributed by atoms with Crippen LogP contribution in [0.3, 0.4) is 0 Å². The highest BCUT2D eigenvalue weighted by atomic mass is 16.2. The van der Waals surface area contributed by atoms with E-state index in [1.165, 1.54) is 16.0 Å². The third-order valence-corrected chi connectivity index (χ3v) is 4.42. The molecule has 0 aromatic heterocycles. The predicted molar refractivity (Wildman–Crippen MR) is 80.8 cm³/mol. The molecular formula is C17H20N2O3. The van der Waals surface area contributed by atoms with Gasteiger partial charge in [0.1, 0.15) is 0 Å². The van der Waals surface area contributed by atoms with Gasteiger partial charge < -0.3 is 5.32 Å². The van der Waals surface area contributed by atoms with Gasteiger partial charge in [-0.1, -0.05) is 24.3 Å². The van der Waals surface area contributed by atoms with E-state index < -0.39 is 0 Å². The van der Waals surface area contributed by atoms with Crippen molar-refractivity contribution in [1.82, 2.24) is 10.2 Å². The number of nitrogens with one attached hydrogen (secondary N) is 1. The zero-order chi connectivity index (χ0) is 15.5. The zero-order valence-electron chi connectivity index (χ0n) is 12.5. The lowest BCUT2D eigenvalue weighted by Gasteiger charge is -2.26. The second kappa shape index (κ2) is 6.30. The number of carbonyl (C=O) groups excluding carboxylic acids is 3. The van der Waals surface area contributed by atoms with E-state index in [1.807, 2.05) is 12.1 Å². The van der Waals surface area contributed by atoms with Crippen molar-refractivity contribution in [3.8, 4) is 0 Å². The van der Waals surface area contributed by atoms with Gasteiger partial charge >= 0.3 is 0 Å². The Morgan fingerprint density at radius 1 is 1.14 bits per heavy atom. The molecule has 0 radical (unpaired) electrons. The molecule has 0 unspecified atom stereocenters. The summed E-state index contributed by atoms with van der Waals surface area (Å²) in [5.74, 6) is -0.434. The average Bonchev–Trinajstić information content (AvgIpc) is 2.84. The third kappa shape index (κ3) is 3.03. The number of aryl methyl sites for hydroxylation is 1. The third-order valence-electron chi connectivity index (χ3n) is 4.42. The highest BCUT2D eigenvalue weighted by Crippen LogP contribution is 2.29. The normalized spacial score (nSPS) is 20.9. The summed E-state index contributed by atoms with van der Waals surface area (Å²) >= 11 is 0. The molecule has 1 fully saturated rings. The van der Waals surface area contributed by atoms with Gasteiger partial charge in [0.2, 0.25) is 17.7 Å². The Labute approximate surface area is 129 Å². The maximum atomic E-state index is 12.1. The van der Waals surface area contributed by atoms with Crippen LogP contribution < -0.4 is 5.32 Å². The molecule has 0 bridgehead atoms. The minimum absolute atomic E-state index is 0.0439. The van der Waals surface area contributed by atoms with Gasteiger partial charge in [-0.2, -0.15) is 0 Å². The predicted octanol–water partition coefficient (Wildman–Crippen LogP) is 1.72. The summed E-state index contributed by atoms with van der Waals surface area (Å²) < 4.78 is 0. The summed E-state index contributed by atoms with van der Waals surface area (Å²) in [5.41, 5.74) is 2.49. The van der Waals surface area contributed by atoms with Crippen LogP contribution in [0.15, 0.2) is 24.3 Å². The van der Waals surface area contributed by atoms with Crippen molar-refractivity contribution in [2.45, 2.75) is 44.6 Å². The van der Waals surface area contributed by atoms with Gasteiger partial charge in [-0.3, -0.25) is 19.3 Å². The second-order valence-electron chi connectivity index (χ2n) is 5.90. The van der Waals surface area contributed by atoms with Crippen molar-refractivity contribution in [2.24, 2.45) is 0 Å². The summed E-state index contributed by atoms with van der Waals surface area (Å²) in [6.07, 6.45) is 3.78. The van der Waals surface area contributed by atoms with Crippen molar-refractivity contribution < 1.29 is 14.4 Å². The molecule has 5 heteroatoms. The van der Waals surface area contributed by atoms with Gasteiger partial charge in [-0.15, -0.1) is 0 Å². The minimum atomic E-state index is -0.166. The molecule has 5 nitrogen and oxygen atoms in total. The van der Waals surface area contributed by atoms with E-state index in [4.69, 9.17) is 0 Å². The summed E-state index contributed by atoms with van der Waals surface area (Å²) in [5, 5.41) is 3.04. The Kier molecular flexibility index (Phi) is 4.22. The number of benzene rings is 1. The molecule has 0 saturated carbocycles. The van der Waals surface area contributed by atoms with E-state index in [-0.39, 0.29) is 49.6 Å². The molecule has 116 valence electrons. The van der Waals surface area contributed by atoms with Crippen LogP contribution in [0.1, 0.15) is 49.3 Å². The number of hydrogen-bond donors (Lipinski definition) is 1. The van der Waals surface area contributed by atoms with Gasteiger partial charge in [0.05, 0.1) is 6.04 Å². The van der Waals surface area contributed by atoms with Gasteiger partial charge in [0, 0.05) is 25.8 Å². The number of likely N-dealkylation sites (tertiary alicyclic amines) is 1. The van der Waals surface area contributed by atoms with Crippen LogP contribution in [0.25, 0.3) is 0 Å². The number of fused-ring (bicyclic) bond motifs is 1. The lowest BCUT2D eigenvalue weighted by Crippen LogP contribution is -2.36. The standard InChI is InChI=1S/C17H20N2O3/c20-15(10-11-19-16(21)8-9-17(19)22)18-14-7-3-5-12-4-1-2-6-13(12)14/h1-2,4,6,14H,3,5,7-11H2,(H,18,20)/t14-/m0/s1. The van der Waals surface area contributed by atoms with Crippen LogP contribution >= 0.6 is 0 Å². The number of imide groups is 1. The number of nitrogens with zero attached hydrogens (tertiary/aromatic N) is 1. The van der Waals surface area contributed by atoms with E-state index in [2.05, 4.69) is 17.4 Å². The highest BCUT2D eigenvalue weighted by Gasteiger charge is 2.29. The van der Waals surface area contributed by atoms with E-state index >= 15 is 0 Å². The van der Waals surface area contributed by atoms with Crippen LogP contribution in [-0.2, 0) is 20.8 Å². The van der Waals surface area contributed by atoms with Crippen LogP contribution in [0.2, 0.25) is 0 Å². The molecule has 1 saturated heterocycles. The highest BCUT2D eigenvalue weighted by molar-refractivity contribution is 6.02. The maximum Gasteiger partial charge on any atom is 0.229 e. The fraction of sp³-hybridized carbons (Fsp3) is 0.471. The van der Waals surface area contributed by atoms with E-state index in [1.54, 1.807) is 0 Å². The molecule has 22 heavy (non-hydrogen) atoms. The topological polar surface area (TPSA) is 66.5 Å². The first-order valence-corrected chi connectivity index (χ1v) is 7.85. The Morgan fingerprint density at radius 3 is 2.64 bits per heavy atom. The van der Waals surface area contributed by atoms with E-state index in [0.717, 1.165) is 19.3 Å². The SMILES string of the molecule is O=C(CCN1C(=O)CCC1=O)N[C@H]1CCCc2ccccc21. The van der Waals surface area contributed by atoms with E-state index in [9.17, 15) is 14.4 Å². The lowest BCUT2D eigenvalue weighted by molar-refractivity contribution is -0.138. The number of carbonyl (C=O) groups is 3. The molecule has 0 spiro atoms.